The number of rotatable bonds is 14. The summed E-state index contributed by atoms with van der Waals surface area (Å²) in [5.74, 6) is 0.600. The Balaban J connectivity index is 1.33. The largest absolute Gasteiger partial charge is 0.491 e. The highest BCUT2D eigenvalue weighted by Gasteiger charge is 2.13. The van der Waals surface area contributed by atoms with E-state index in [1.54, 1.807) is 12.1 Å². The van der Waals surface area contributed by atoms with Gasteiger partial charge in [0.1, 0.15) is 23.7 Å². The number of nitrogens with one attached hydrogen (secondary N) is 1. The van der Waals surface area contributed by atoms with Crippen molar-refractivity contribution >= 4 is 28.4 Å². The van der Waals surface area contributed by atoms with Gasteiger partial charge < -0.3 is 24.3 Å². The molecule has 1 atom stereocenters. The molecular weight excluding hydrogens is 470 g/mol. The van der Waals surface area contributed by atoms with Crippen LogP contribution in [-0.2, 0) is 9.53 Å². The third-order valence-corrected chi connectivity index (χ3v) is 5.91. The number of carbonyl (C=O) groups excluding carboxylic acids is 1. The summed E-state index contributed by atoms with van der Waals surface area (Å²) in [6.07, 6.45) is 0.545. The van der Waals surface area contributed by atoms with Crippen molar-refractivity contribution in [3.8, 4) is 17.1 Å². The molecule has 0 aliphatic carbocycles. The Morgan fingerprint density at radius 3 is 2.41 bits per heavy atom. The van der Waals surface area contributed by atoms with E-state index in [1.165, 1.54) is 0 Å². The molecule has 0 fully saturated rings. The lowest BCUT2D eigenvalue weighted by Crippen LogP contribution is -2.32. The number of para-hydroxylation sites is 1. The maximum absolute atomic E-state index is 12.3. The van der Waals surface area contributed by atoms with Gasteiger partial charge in [0.2, 0.25) is 0 Å². The fraction of sp³-hybridized carbons (Fsp3) is 0.267. The standard InChI is InChI=1S/C30H31NO6/c1-2-35-19-25(31-24-14-10-21(11-15-24)27(32)7-5-9-30(33)34)20-36-26-16-12-22(13-17-26)29-18-23-6-3-4-8-28(23)37-29/h3-4,6,8,10-18,25,31H,2,5,7,9,19-20H2,1H3,(H,33,34)/t25-/m0/s1. The highest BCUT2D eigenvalue weighted by molar-refractivity contribution is 5.96. The zero-order valence-corrected chi connectivity index (χ0v) is 20.8. The van der Waals surface area contributed by atoms with Crippen LogP contribution in [0.5, 0.6) is 5.75 Å². The average Bonchev–Trinajstić information content (AvgIpc) is 3.35. The number of carboxylic acid groups (broad SMARTS) is 1. The van der Waals surface area contributed by atoms with Gasteiger partial charge in [0.05, 0.1) is 12.6 Å². The van der Waals surface area contributed by atoms with Crippen LogP contribution in [0, 0.1) is 0 Å². The molecule has 0 radical (unpaired) electrons. The molecule has 192 valence electrons. The van der Waals surface area contributed by atoms with Gasteiger partial charge in [0, 0.05) is 41.6 Å². The molecule has 0 aliphatic rings. The number of Topliss-reactive ketones (excluding diaryl/α,β-unsaturated/α-hetero) is 1. The normalized spacial score (nSPS) is 11.8. The van der Waals surface area contributed by atoms with Crippen LogP contribution in [0.2, 0.25) is 0 Å². The van der Waals surface area contributed by atoms with Crippen LogP contribution in [0.25, 0.3) is 22.3 Å². The Morgan fingerprint density at radius 2 is 1.70 bits per heavy atom. The molecule has 0 saturated carbocycles. The molecular formula is C30H31NO6. The van der Waals surface area contributed by atoms with Gasteiger partial charge in [-0.3, -0.25) is 9.59 Å². The first-order valence-electron chi connectivity index (χ1n) is 12.4. The second kappa shape index (κ2) is 12.7. The van der Waals surface area contributed by atoms with E-state index in [-0.39, 0.29) is 24.7 Å². The quantitative estimate of drug-likeness (QED) is 0.192. The van der Waals surface area contributed by atoms with Crippen molar-refractivity contribution in [2.75, 3.05) is 25.1 Å². The van der Waals surface area contributed by atoms with E-state index in [0.29, 0.717) is 31.8 Å². The number of carboxylic acids is 1. The number of ketones is 1. The van der Waals surface area contributed by atoms with Crippen molar-refractivity contribution in [1.82, 2.24) is 0 Å². The van der Waals surface area contributed by atoms with Crippen molar-refractivity contribution < 1.29 is 28.6 Å². The number of anilines is 1. The van der Waals surface area contributed by atoms with Gasteiger partial charge >= 0.3 is 5.97 Å². The van der Waals surface area contributed by atoms with E-state index in [1.807, 2.05) is 73.7 Å². The van der Waals surface area contributed by atoms with Gasteiger partial charge in [-0.25, -0.2) is 0 Å². The Bertz CT molecular complexity index is 1280. The highest BCUT2D eigenvalue weighted by Crippen LogP contribution is 2.29. The first-order valence-corrected chi connectivity index (χ1v) is 12.4. The number of fused-ring (bicyclic) bond motifs is 1. The fourth-order valence-corrected chi connectivity index (χ4v) is 3.96. The molecule has 0 unspecified atom stereocenters. The zero-order chi connectivity index (χ0) is 26.0. The second-order valence-electron chi connectivity index (χ2n) is 8.73. The molecule has 0 saturated heterocycles. The van der Waals surface area contributed by atoms with Crippen LogP contribution in [0.4, 0.5) is 5.69 Å². The minimum atomic E-state index is -0.892. The van der Waals surface area contributed by atoms with E-state index in [9.17, 15) is 9.59 Å². The summed E-state index contributed by atoms with van der Waals surface area (Å²) in [7, 11) is 0. The first-order chi connectivity index (χ1) is 18.0. The molecule has 1 heterocycles. The molecule has 3 aromatic carbocycles. The van der Waals surface area contributed by atoms with E-state index in [4.69, 9.17) is 19.0 Å². The van der Waals surface area contributed by atoms with Crippen LogP contribution in [0.15, 0.2) is 83.3 Å². The monoisotopic (exact) mass is 501 g/mol. The van der Waals surface area contributed by atoms with E-state index in [0.717, 1.165) is 33.7 Å². The first kappa shape index (κ1) is 26.0. The topological polar surface area (TPSA) is 98.0 Å². The predicted octanol–water partition coefficient (Wildman–Crippen LogP) is 6.43. The van der Waals surface area contributed by atoms with Crippen molar-refractivity contribution in [3.05, 3.63) is 84.4 Å². The molecule has 37 heavy (non-hydrogen) atoms. The van der Waals surface area contributed by atoms with Gasteiger partial charge in [-0.05, 0) is 74.0 Å². The van der Waals surface area contributed by atoms with Crippen molar-refractivity contribution in [2.24, 2.45) is 0 Å². The van der Waals surface area contributed by atoms with Crippen LogP contribution in [0.1, 0.15) is 36.5 Å². The maximum Gasteiger partial charge on any atom is 0.303 e. The summed E-state index contributed by atoms with van der Waals surface area (Å²) in [5.41, 5.74) is 3.25. The van der Waals surface area contributed by atoms with E-state index in [2.05, 4.69) is 5.32 Å². The number of ether oxygens (including phenoxy) is 2. The van der Waals surface area contributed by atoms with Crippen LogP contribution < -0.4 is 10.1 Å². The SMILES string of the molecule is CCOC[C@@H](COc1ccc(-c2cc3ccccc3o2)cc1)Nc1ccc(C(=O)CCCC(=O)O)cc1. The van der Waals surface area contributed by atoms with Gasteiger partial charge in [0.15, 0.2) is 5.78 Å². The summed E-state index contributed by atoms with van der Waals surface area (Å²) >= 11 is 0. The minimum Gasteiger partial charge on any atom is -0.491 e. The molecule has 4 rings (SSSR count). The molecule has 1 aromatic heterocycles. The Labute approximate surface area is 216 Å². The summed E-state index contributed by atoms with van der Waals surface area (Å²) < 4.78 is 17.6. The number of benzene rings is 3. The second-order valence-corrected chi connectivity index (χ2v) is 8.73. The summed E-state index contributed by atoms with van der Waals surface area (Å²) in [5, 5.41) is 13.2. The van der Waals surface area contributed by atoms with Gasteiger partial charge in [0.25, 0.3) is 0 Å². The van der Waals surface area contributed by atoms with Crippen molar-refractivity contribution in [2.45, 2.75) is 32.2 Å². The van der Waals surface area contributed by atoms with Crippen LogP contribution >= 0.6 is 0 Å². The maximum atomic E-state index is 12.3. The Morgan fingerprint density at radius 1 is 0.946 bits per heavy atom. The Kier molecular flexibility index (Phi) is 8.94. The Hall–Kier alpha value is -4.10. The molecule has 0 aliphatic heterocycles. The number of furan rings is 1. The molecule has 7 heteroatoms. The minimum absolute atomic E-state index is 0.00683. The lowest BCUT2D eigenvalue weighted by Gasteiger charge is -2.20. The van der Waals surface area contributed by atoms with Crippen molar-refractivity contribution in [1.29, 1.82) is 0 Å². The molecule has 0 bridgehead atoms. The molecule has 4 aromatic rings. The smallest absolute Gasteiger partial charge is 0.303 e. The summed E-state index contributed by atoms with van der Waals surface area (Å²) in [6.45, 7) is 3.39. The third kappa shape index (κ3) is 7.44. The third-order valence-electron chi connectivity index (χ3n) is 5.91. The summed E-state index contributed by atoms with van der Waals surface area (Å²) in [4.78, 5) is 22.9. The fourth-order valence-electron chi connectivity index (χ4n) is 3.96. The molecule has 7 nitrogen and oxygen atoms in total. The highest BCUT2D eigenvalue weighted by atomic mass is 16.5. The lowest BCUT2D eigenvalue weighted by atomic mass is 10.1. The van der Waals surface area contributed by atoms with Gasteiger partial charge in [-0.2, -0.15) is 0 Å². The van der Waals surface area contributed by atoms with Crippen LogP contribution in [0.3, 0.4) is 0 Å². The summed E-state index contributed by atoms with van der Waals surface area (Å²) in [6, 6.07) is 24.8. The zero-order valence-electron chi connectivity index (χ0n) is 20.8. The van der Waals surface area contributed by atoms with E-state index < -0.39 is 5.97 Å². The van der Waals surface area contributed by atoms with Gasteiger partial charge in [-0.15, -0.1) is 0 Å². The number of aliphatic carboxylic acids is 1. The number of carbonyl (C=O) groups is 2. The molecule has 0 amide bonds. The average molecular weight is 502 g/mol. The van der Waals surface area contributed by atoms with Crippen LogP contribution in [-0.4, -0.2) is 42.7 Å². The predicted molar refractivity (Wildman–Crippen MR) is 143 cm³/mol. The number of hydrogen-bond donors (Lipinski definition) is 2. The number of hydrogen-bond acceptors (Lipinski definition) is 6. The van der Waals surface area contributed by atoms with E-state index >= 15 is 0 Å². The van der Waals surface area contributed by atoms with Gasteiger partial charge in [-0.1, -0.05) is 18.2 Å². The lowest BCUT2D eigenvalue weighted by molar-refractivity contribution is -0.137. The molecule has 0 spiro atoms. The molecule has 2 N–H and O–H groups in total. The van der Waals surface area contributed by atoms with Crippen molar-refractivity contribution in [3.63, 3.8) is 0 Å².